The minimum absolute atomic E-state index is 0.117. The van der Waals surface area contributed by atoms with Crippen LogP contribution in [0.25, 0.3) is 0 Å². The second kappa shape index (κ2) is 4.91. The molecule has 2 aliphatic carbocycles. The summed E-state index contributed by atoms with van der Waals surface area (Å²) < 4.78 is 5.56. The van der Waals surface area contributed by atoms with Gasteiger partial charge in [-0.2, -0.15) is 5.10 Å². The third-order valence-electron chi connectivity index (χ3n) is 4.77. The first kappa shape index (κ1) is 13.7. The first-order valence-electron chi connectivity index (χ1n) is 6.89. The maximum absolute atomic E-state index is 11.9. The monoisotopic (exact) mass is 293 g/mol. The number of aliphatic imine (C=N–C) groups is 1. The fourth-order valence-electron chi connectivity index (χ4n) is 2.97. The molecule has 3 rings (SSSR count). The number of nitrogens with one attached hydrogen (secondary N) is 1. The minimum atomic E-state index is -0.173. The molecule has 0 aromatic rings. The van der Waals surface area contributed by atoms with Gasteiger partial charge in [-0.05, 0) is 32.1 Å². The van der Waals surface area contributed by atoms with Crippen LogP contribution in [0.3, 0.4) is 0 Å². The van der Waals surface area contributed by atoms with Crippen molar-refractivity contribution in [3.8, 4) is 0 Å². The second-order valence-corrected chi connectivity index (χ2v) is 6.88. The average molecular weight is 293 g/mol. The van der Waals surface area contributed by atoms with E-state index in [4.69, 9.17) is 4.74 Å². The topological polar surface area (TPSA) is 63.0 Å². The van der Waals surface area contributed by atoms with Crippen LogP contribution in [-0.2, 0) is 9.53 Å². The fourth-order valence-corrected chi connectivity index (χ4v) is 3.58. The molecule has 2 saturated carbocycles. The number of allylic oxidation sites excluding steroid dienone is 1. The molecule has 0 saturated heterocycles. The van der Waals surface area contributed by atoms with Gasteiger partial charge in [0.15, 0.2) is 5.17 Å². The van der Waals surface area contributed by atoms with Crippen LogP contribution in [0.1, 0.15) is 33.1 Å². The van der Waals surface area contributed by atoms with Crippen molar-refractivity contribution in [1.82, 2.24) is 5.43 Å². The molecule has 20 heavy (non-hydrogen) atoms. The van der Waals surface area contributed by atoms with Crippen molar-refractivity contribution < 1.29 is 9.53 Å². The van der Waals surface area contributed by atoms with Gasteiger partial charge in [-0.15, -0.1) is 0 Å². The molecule has 5 nitrogen and oxygen atoms in total. The standard InChI is InChI=1S/C14H19N3O2S/c1-8-9(2)16-17-13(15-8)20-7-12(18)19-11-6-10-4-5-14(10,11)3/h10-11H,1,4-7H2,2-3H3,(H,15,17). The lowest BCUT2D eigenvalue weighted by Crippen LogP contribution is -2.59. The van der Waals surface area contributed by atoms with Gasteiger partial charge in [0.1, 0.15) is 6.10 Å². The van der Waals surface area contributed by atoms with E-state index in [9.17, 15) is 4.79 Å². The number of esters is 1. The Kier molecular flexibility index (Phi) is 3.36. The molecule has 0 spiro atoms. The van der Waals surface area contributed by atoms with Crippen LogP contribution in [0.4, 0.5) is 0 Å². The number of carbonyl (C=O) groups is 1. The van der Waals surface area contributed by atoms with Crippen LogP contribution >= 0.6 is 11.8 Å². The summed E-state index contributed by atoms with van der Waals surface area (Å²) in [6, 6.07) is 0. The molecule has 0 radical (unpaired) electrons. The predicted octanol–water partition coefficient (Wildman–Crippen LogP) is 2.30. The summed E-state index contributed by atoms with van der Waals surface area (Å²) in [7, 11) is 0. The van der Waals surface area contributed by atoms with Crippen LogP contribution in [-0.4, -0.2) is 28.7 Å². The SMILES string of the molecule is C=C1N=C(SCC(=O)OC2CC3CCC32C)NN=C1C. The summed E-state index contributed by atoms with van der Waals surface area (Å²) in [5, 5.41) is 4.66. The molecule has 1 N–H and O–H groups in total. The number of hydrazone groups is 1. The molecule has 3 unspecified atom stereocenters. The van der Waals surface area contributed by atoms with E-state index >= 15 is 0 Å². The van der Waals surface area contributed by atoms with E-state index in [1.807, 2.05) is 6.92 Å². The molecule has 2 fully saturated rings. The van der Waals surface area contributed by atoms with E-state index in [1.54, 1.807) is 0 Å². The quantitative estimate of drug-likeness (QED) is 0.811. The smallest absolute Gasteiger partial charge is 0.316 e. The van der Waals surface area contributed by atoms with E-state index < -0.39 is 0 Å². The fraction of sp³-hybridized carbons (Fsp3) is 0.643. The summed E-state index contributed by atoms with van der Waals surface area (Å²) in [6.07, 6.45) is 3.63. The molecule has 6 heteroatoms. The highest BCUT2D eigenvalue weighted by atomic mass is 32.2. The molecule has 0 aromatic heterocycles. The summed E-state index contributed by atoms with van der Waals surface area (Å²) in [5.74, 6) is 0.858. The number of ether oxygens (including phenoxy) is 1. The van der Waals surface area contributed by atoms with Gasteiger partial charge in [-0.3, -0.25) is 10.2 Å². The average Bonchev–Trinajstić information content (AvgIpc) is 2.43. The third-order valence-corrected chi connectivity index (χ3v) is 5.61. The lowest BCUT2D eigenvalue weighted by Gasteiger charge is -2.61. The number of fused-ring (bicyclic) bond motifs is 1. The van der Waals surface area contributed by atoms with Crippen LogP contribution < -0.4 is 5.43 Å². The van der Waals surface area contributed by atoms with Crippen molar-refractivity contribution in [2.75, 3.05) is 5.75 Å². The molecule has 1 aliphatic heterocycles. The molecule has 1 heterocycles. The highest BCUT2D eigenvalue weighted by Gasteiger charge is 2.59. The van der Waals surface area contributed by atoms with E-state index in [0.717, 1.165) is 18.1 Å². The summed E-state index contributed by atoms with van der Waals surface area (Å²) in [5.41, 5.74) is 4.45. The summed E-state index contributed by atoms with van der Waals surface area (Å²) in [6.45, 7) is 7.85. The van der Waals surface area contributed by atoms with Crippen LogP contribution in [0.2, 0.25) is 0 Å². The molecule has 0 bridgehead atoms. The second-order valence-electron chi connectivity index (χ2n) is 5.92. The third kappa shape index (κ3) is 2.26. The lowest BCUT2D eigenvalue weighted by molar-refractivity contribution is -0.205. The van der Waals surface area contributed by atoms with Crippen molar-refractivity contribution in [2.24, 2.45) is 21.4 Å². The van der Waals surface area contributed by atoms with E-state index in [1.165, 1.54) is 24.6 Å². The Labute approximate surface area is 122 Å². The Morgan fingerprint density at radius 2 is 2.45 bits per heavy atom. The number of nitrogens with zero attached hydrogens (tertiary/aromatic N) is 2. The first-order valence-corrected chi connectivity index (χ1v) is 7.88. The zero-order valence-electron chi connectivity index (χ0n) is 11.8. The minimum Gasteiger partial charge on any atom is -0.461 e. The van der Waals surface area contributed by atoms with Gasteiger partial charge in [0, 0.05) is 5.41 Å². The number of thioether (sulfide) groups is 1. The zero-order chi connectivity index (χ0) is 14.3. The van der Waals surface area contributed by atoms with Crippen molar-refractivity contribution in [2.45, 2.75) is 39.2 Å². The molecule has 108 valence electrons. The number of rotatable bonds is 3. The van der Waals surface area contributed by atoms with Gasteiger partial charge in [0.2, 0.25) is 0 Å². The molecular weight excluding hydrogens is 274 g/mol. The highest BCUT2D eigenvalue weighted by Crippen LogP contribution is 2.61. The maximum Gasteiger partial charge on any atom is 0.316 e. The number of hydrogen-bond acceptors (Lipinski definition) is 6. The molecule has 3 aliphatic rings. The van der Waals surface area contributed by atoms with Gasteiger partial charge in [-0.25, -0.2) is 4.99 Å². The largest absolute Gasteiger partial charge is 0.461 e. The zero-order valence-corrected chi connectivity index (χ0v) is 12.6. The Balaban J connectivity index is 1.44. The number of hydrogen-bond donors (Lipinski definition) is 1. The molecule has 0 aromatic carbocycles. The number of amidine groups is 1. The van der Waals surface area contributed by atoms with Gasteiger partial charge >= 0.3 is 5.97 Å². The molecule has 0 amide bonds. The van der Waals surface area contributed by atoms with Gasteiger partial charge in [0.05, 0.1) is 17.2 Å². The lowest BCUT2D eigenvalue weighted by atomic mass is 9.47. The summed E-state index contributed by atoms with van der Waals surface area (Å²) in [4.78, 5) is 16.1. The maximum atomic E-state index is 11.9. The van der Waals surface area contributed by atoms with Crippen molar-refractivity contribution in [1.29, 1.82) is 0 Å². The van der Waals surface area contributed by atoms with Crippen molar-refractivity contribution in [3.05, 3.63) is 12.3 Å². The van der Waals surface area contributed by atoms with Gasteiger partial charge in [-0.1, -0.05) is 25.3 Å². The highest BCUT2D eigenvalue weighted by molar-refractivity contribution is 8.14. The van der Waals surface area contributed by atoms with Crippen LogP contribution in [0.15, 0.2) is 22.4 Å². The van der Waals surface area contributed by atoms with Gasteiger partial charge < -0.3 is 4.74 Å². The Morgan fingerprint density at radius 3 is 3.00 bits per heavy atom. The van der Waals surface area contributed by atoms with E-state index in [-0.39, 0.29) is 23.2 Å². The predicted molar refractivity (Wildman–Crippen MR) is 80.6 cm³/mol. The van der Waals surface area contributed by atoms with Gasteiger partial charge in [0.25, 0.3) is 0 Å². The normalized spacial score (nSPS) is 34.8. The van der Waals surface area contributed by atoms with Crippen molar-refractivity contribution >= 4 is 28.6 Å². The Hall–Kier alpha value is -1.30. The van der Waals surface area contributed by atoms with Crippen LogP contribution in [0.5, 0.6) is 0 Å². The van der Waals surface area contributed by atoms with E-state index in [0.29, 0.717) is 10.9 Å². The first-order chi connectivity index (χ1) is 9.49. The van der Waals surface area contributed by atoms with Crippen LogP contribution in [0, 0.1) is 11.3 Å². The molecule has 3 atom stereocenters. The molecular formula is C14H19N3O2S. The Bertz CT molecular complexity index is 529. The number of carbonyl (C=O) groups excluding carboxylic acids is 1. The van der Waals surface area contributed by atoms with Crippen molar-refractivity contribution in [3.63, 3.8) is 0 Å². The Morgan fingerprint density at radius 1 is 1.65 bits per heavy atom. The van der Waals surface area contributed by atoms with E-state index in [2.05, 4.69) is 29.0 Å². The summed E-state index contributed by atoms with van der Waals surface area (Å²) >= 11 is 1.30.